The summed E-state index contributed by atoms with van der Waals surface area (Å²) < 4.78 is 0. The van der Waals surface area contributed by atoms with E-state index in [0.717, 1.165) is 17.7 Å². The molecule has 19 heavy (non-hydrogen) atoms. The molecular formula is C16H18N2O. The van der Waals surface area contributed by atoms with E-state index >= 15 is 0 Å². The van der Waals surface area contributed by atoms with Gasteiger partial charge in [0, 0.05) is 12.2 Å². The van der Waals surface area contributed by atoms with Gasteiger partial charge < -0.3 is 10.6 Å². The summed E-state index contributed by atoms with van der Waals surface area (Å²) in [7, 11) is 0. The highest BCUT2D eigenvalue weighted by atomic mass is 16.2. The lowest BCUT2D eigenvalue weighted by Crippen LogP contribution is -2.28. The van der Waals surface area contributed by atoms with E-state index in [0.29, 0.717) is 6.54 Å². The van der Waals surface area contributed by atoms with Crippen molar-refractivity contribution < 1.29 is 4.79 Å². The molecular weight excluding hydrogens is 236 g/mol. The first-order chi connectivity index (χ1) is 9.29. The maximum atomic E-state index is 11.6. The number of anilines is 1. The molecule has 0 unspecified atom stereocenters. The molecule has 0 spiro atoms. The zero-order chi connectivity index (χ0) is 13.5. The Bertz CT molecular complexity index is 537. The van der Waals surface area contributed by atoms with Crippen molar-refractivity contribution >= 4 is 11.7 Å². The summed E-state index contributed by atoms with van der Waals surface area (Å²) in [6, 6.07) is 17.9. The van der Waals surface area contributed by atoms with Crippen molar-refractivity contribution in [1.29, 1.82) is 0 Å². The number of carbonyl (C=O) groups is 1. The number of carbonyl (C=O) groups excluding carboxylic acids is 1. The van der Waals surface area contributed by atoms with Crippen LogP contribution in [0.5, 0.6) is 0 Å². The van der Waals surface area contributed by atoms with Crippen LogP contribution in [0.1, 0.15) is 18.1 Å². The molecule has 0 heterocycles. The monoisotopic (exact) mass is 254 g/mol. The summed E-state index contributed by atoms with van der Waals surface area (Å²) in [5, 5.41) is 5.62. The molecule has 0 bridgehead atoms. The lowest BCUT2D eigenvalue weighted by Gasteiger charge is -2.11. The Morgan fingerprint density at radius 2 is 1.68 bits per heavy atom. The summed E-state index contributed by atoms with van der Waals surface area (Å²) >= 11 is 0. The SMILES string of the molecule is CCNC(=O)Nc1ccccc1Cc1ccccc1. The van der Waals surface area contributed by atoms with Crippen molar-refractivity contribution in [2.45, 2.75) is 13.3 Å². The van der Waals surface area contributed by atoms with Gasteiger partial charge >= 0.3 is 6.03 Å². The van der Waals surface area contributed by atoms with Gasteiger partial charge in [0.2, 0.25) is 0 Å². The molecule has 3 heteroatoms. The van der Waals surface area contributed by atoms with E-state index in [-0.39, 0.29) is 6.03 Å². The van der Waals surface area contributed by atoms with Gasteiger partial charge in [-0.15, -0.1) is 0 Å². The molecule has 0 aliphatic heterocycles. The second-order valence-electron chi connectivity index (χ2n) is 4.30. The number of amides is 2. The third kappa shape index (κ3) is 3.85. The van der Waals surface area contributed by atoms with Gasteiger partial charge in [-0.1, -0.05) is 48.5 Å². The van der Waals surface area contributed by atoms with E-state index in [1.54, 1.807) is 0 Å². The summed E-state index contributed by atoms with van der Waals surface area (Å²) in [5.41, 5.74) is 3.20. The standard InChI is InChI=1S/C16H18N2O/c1-2-17-16(19)18-15-11-7-6-10-14(15)12-13-8-4-3-5-9-13/h3-11H,2,12H2,1H3,(H2,17,18,19). The number of hydrogen-bond donors (Lipinski definition) is 2. The molecule has 0 saturated heterocycles. The molecule has 0 aromatic heterocycles. The first-order valence-electron chi connectivity index (χ1n) is 6.46. The van der Waals surface area contributed by atoms with Crippen LogP contribution in [0, 0.1) is 0 Å². The minimum absolute atomic E-state index is 0.164. The fourth-order valence-corrected chi connectivity index (χ4v) is 1.94. The van der Waals surface area contributed by atoms with Crippen LogP contribution in [0.15, 0.2) is 54.6 Å². The molecule has 3 nitrogen and oxygen atoms in total. The predicted molar refractivity (Wildman–Crippen MR) is 78.4 cm³/mol. The van der Waals surface area contributed by atoms with E-state index in [1.807, 2.05) is 49.4 Å². The van der Waals surface area contributed by atoms with Crippen molar-refractivity contribution in [2.24, 2.45) is 0 Å². The first-order valence-corrected chi connectivity index (χ1v) is 6.46. The lowest BCUT2D eigenvalue weighted by atomic mass is 10.0. The summed E-state index contributed by atoms with van der Waals surface area (Å²) in [6.07, 6.45) is 0.809. The predicted octanol–water partition coefficient (Wildman–Crippen LogP) is 3.42. The molecule has 2 aromatic carbocycles. The van der Waals surface area contributed by atoms with Crippen LogP contribution >= 0.6 is 0 Å². The molecule has 2 N–H and O–H groups in total. The maximum absolute atomic E-state index is 11.6. The van der Waals surface area contributed by atoms with Gasteiger partial charge in [-0.2, -0.15) is 0 Å². The number of urea groups is 1. The molecule has 0 aliphatic rings. The second-order valence-corrected chi connectivity index (χ2v) is 4.30. The molecule has 2 aromatic rings. The molecule has 0 fully saturated rings. The highest BCUT2D eigenvalue weighted by Crippen LogP contribution is 2.18. The summed E-state index contributed by atoms with van der Waals surface area (Å²) in [5.74, 6) is 0. The normalized spacial score (nSPS) is 9.95. The average Bonchev–Trinajstić information content (AvgIpc) is 2.42. The Kier molecular flexibility index (Phi) is 4.56. The zero-order valence-electron chi connectivity index (χ0n) is 11.0. The largest absolute Gasteiger partial charge is 0.338 e. The van der Waals surface area contributed by atoms with Gasteiger partial charge in [-0.25, -0.2) is 4.79 Å². The number of nitrogens with one attached hydrogen (secondary N) is 2. The van der Waals surface area contributed by atoms with Crippen LogP contribution in [0.2, 0.25) is 0 Å². The van der Waals surface area contributed by atoms with E-state index < -0.39 is 0 Å². The van der Waals surface area contributed by atoms with Crippen molar-refractivity contribution in [2.75, 3.05) is 11.9 Å². The van der Waals surface area contributed by atoms with Crippen molar-refractivity contribution in [1.82, 2.24) is 5.32 Å². The molecule has 0 saturated carbocycles. The van der Waals surface area contributed by atoms with Gasteiger partial charge in [-0.05, 0) is 30.5 Å². The molecule has 0 atom stereocenters. The zero-order valence-corrected chi connectivity index (χ0v) is 11.0. The van der Waals surface area contributed by atoms with Crippen LogP contribution in [0.4, 0.5) is 10.5 Å². The Labute approximate surface area is 113 Å². The number of para-hydroxylation sites is 1. The molecule has 0 radical (unpaired) electrons. The molecule has 0 aliphatic carbocycles. The highest BCUT2D eigenvalue weighted by molar-refractivity contribution is 5.90. The van der Waals surface area contributed by atoms with E-state index in [1.165, 1.54) is 5.56 Å². The molecule has 2 rings (SSSR count). The second kappa shape index (κ2) is 6.59. The topological polar surface area (TPSA) is 41.1 Å². The van der Waals surface area contributed by atoms with E-state index in [4.69, 9.17) is 0 Å². The first kappa shape index (κ1) is 13.1. The number of rotatable bonds is 4. The Hall–Kier alpha value is -2.29. The Balaban J connectivity index is 2.14. The van der Waals surface area contributed by atoms with Crippen molar-refractivity contribution in [3.05, 3.63) is 65.7 Å². The van der Waals surface area contributed by atoms with E-state index in [9.17, 15) is 4.79 Å². The van der Waals surface area contributed by atoms with Crippen molar-refractivity contribution in [3.63, 3.8) is 0 Å². The number of benzene rings is 2. The third-order valence-corrected chi connectivity index (χ3v) is 2.84. The van der Waals surface area contributed by atoms with Gasteiger partial charge in [0.15, 0.2) is 0 Å². The van der Waals surface area contributed by atoms with Gasteiger partial charge in [-0.3, -0.25) is 0 Å². The fraction of sp³-hybridized carbons (Fsp3) is 0.188. The Morgan fingerprint density at radius 1 is 1.00 bits per heavy atom. The lowest BCUT2D eigenvalue weighted by molar-refractivity contribution is 0.252. The molecule has 2 amide bonds. The van der Waals surface area contributed by atoms with Crippen LogP contribution < -0.4 is 10.6 Å². The smallest absolute Gasteiger partial charge is 0.319 e. The van der Waals surface area contributed by atoms with Crippen LogP contribution in [0.3, 0.4) is 0 Å². The van der Waals surface area contributed by atoms with Gasteiger partial charge in [0.1, 0.15) is 0 Å². The Morgan fingerprint density at radius 3 is 2.42 bits per heavy atom. The minimum atomic E-state index is -0.164. The average molecular weight is 254 g/mol. The van der Waals surface area contributed by atoms with E-state index in [2.05, 4.69) is 22.8 Å². The van der Waals surface area contributed by atoms with Crippen LogP contribution in [-0.2, 0) is 6.42 Å². The minimum Gasteiger partial charge on any atom is -0.338 e. The quantitative estimate of drug-likeness (QED) is 0.862. The van der Waals surface area contributed by atoms with Gasteiger partial charge in [0.25, 0.3) is 0 Å². The van der Waals surface area contributed by atoms with Crippen LogP contribution in [0.25, 0.3) is 0 Å². The molecule has 98 valence electrons. The fourth-order valence-electron chi connectivity index (χ4n) is 1.94. The highest BCUT2D eigenvalue weighted by Gasteiger charge is 2.05. The van der Waals surface area contributed by atoms with Crippen LogP contribution in [-0.4, -0.2) is 12.6 Å². The van der Waals surface area contributed by atoms with Crippen molar-refractivity contribution in [3.8, 4) is 0 Å². The summed E-state index contributed by atoms with van der Waals surface area (Å²) in [6.45, 7) is 2.52. The third-order valence-electron chi connectivity index (χ3n) is 2.84. The maximum Gasteiger partial charge on any atom is 0.319 e. The summed E-state index contributed by atoms with van der Waals surface area (Å²) in [4.78, 5) is 11.6. The number of hydrogen-bond acceptors (Lipinski definition) is 1. The van der Waals surface area contributed by atoms with Gasteiger partial charge in [0.05, 0.1) is 0 Å².